The fourth-order valence-corrected chi connectivity index (χ4v) is 3.69. The first-order valence-corrected chi connectivity index (χ1v) is 10.6. The van der Waals surface area contributed by atoms with Crippen LogP contribution in [0.3, 0.4) is 0 Å². The molecule has 0 spiro atoms. The van der Waals surface area contributed by atoms with Gasteiger partial charge in [0.25, 0.3) is 0 Å². The Morgan fingerprint density at radius 2 is 1.41 bits per heavy atom. The normalized spacial score (nSPS) is 18.4. The first-order valence-electron chi connectivity index (χ1n) is 10.6. The third kappa shape index (κ3) is 7.30. The van der Waals surface area contributed by atoms with E-state index in [1.807, 2.05) is 6.07 Å². The van der Waals surface area contributed by atoms with Crippen LogP contribution in [-0.4, -0.2) is 100 Å². The lowest BCUT2D eigenvalue weighted by atomic mass is 10.2. The number of carbonyl (C=O) groups is 2. The highest BCUT2D eigenvalue weighted by molar-refractivity contribution is 6.35. The van der Waals surface area contributed by atoms with Gasteiger partial charge in [0.15, 0.2) is 0 Å². The fraction of sp³-hybridized carbons (Fsp3) is 0.619. The fourth-order valence-electron chi connectivity index (χ4n) is 3.69. The van der Waals surface area contributed by atoms with E-state index in [1.54, 1.807) is 0 Å². The topological polar surface area (TPSA) is 77.2 Å². The summed E-state index contributed by atoms with van der Waals surface area (Å²) >= 11 is 0. The Morgan fingerprint density at radius 1 is 0.793 bits per heavy atom. The highest BCUT2D eigenvalue weighted by Crippen LogP contribution is 2.15. The van der Waals surface area contributed by atoms with Gasteiger partial charge in [0.1, 0.15) is 0 Å². The Kier molecular flexibility index (Phi) is 8.73. The van der Waals surface area contributed by atoms with Gasteiger partial charge in [-0.1, -0.05) is 18.2 Å². The second-order valence-corrected chi connectivity index (χ2v) is 7.48. The molecule has 0 atom stereocenters. The smallest absolute Gasteiger partial charge is 0.309 e. The molecule has 0 radical (unpaired) electrons. The molecule has 2 heterocycles. The van der Waals surface area contributed by atoms with Crippen LogP contribution in [0.15, 0.2) is 30.3 Å². The van der Waals surface area contributed by atoms with Crippen LogP contribution in [0.1, 0.15) is 6.42 Å². The number of anilines is 1. The van der Waals surface area contributed by atoms with Crippen LogP contribution in [0.5, 0.6) is 0 Å². The average Bonchev–Trinajstić information content (AvgIpc) is 2.78. The van der Waals surface area contributed by atoms with Crippen LogP contribution in [0.2, 0.25) is 0 Å². The van der Waals surface area contributed by atoms with Gasteiger partial charge in [0.05, 0.1) is 13.2 Å². The zero-order valence-electron chi connectivity index (χ0n) is 17.1. The van der Waals surface area contributed by atoms with E-state index >= 15 is 0 Å². The minimum absolute atomic E-state index is 0.484. The minimum atomic E-state index is -0.547. The number of ether oxygens (including phenoxy) is 1. The molecule has 0 unspecified atom stereocenters. The predicted octanol–water partition coefficient (Wildman–Crippen LogP) is -0.237. The summed E-state index contributed by atoms with van der Waals surface area (Å²) in [4.78, 5) is 30.8. The lowest BCUT2D eigenvalue weighted by molar-refractivity contribution is -0.139. The van der Waals surface area contributed by atoms with E-state index < -0.39 is 11.8 Å². The Balaban J connectivity index is 1.22. The summed E-state index contributed by atoms with van der Waals surface area (Å²) in [5.74, 6) is -1.09. The van der Waals surface area contributed by atoms with Gasteiger partial charge in [-0.25, -0.2) is 0 Å². The molecule has 2 aliphatic rings. The number of nitrogens with zero attached hydrogens (tertiary/aromatic N) is 3. The molecular formula is C21H33N5O3. The standard InChI is InChI=1S/C21H33N5O3/c27-20(21(28)23-8-10-25-15-17-29-18-16-25)22-7-4-9-24-11-13-26(14-12-24)19-5-2-1-3-6-19/h1-3,5-6H,4,7-18H2,(H,22,27)(H,23,28). The van der Waals surface area contributed by atoms with Crippen molar-refractivity contribution in [2.45, 2.75) is 6.42 Å². The van der Waals surface area contributed by atoms with E-state index in [0.29, 0.717) is 13.1 Å². The van der Waals surface area contributed by atoms with E-state index in [0.717, 1.165) is 72.0 Å². The number of hydrogen-bond donors (Lipinski definition) is 2. The maximum absolute atomic E-state index is 11.9. The maximum Gasteiger partial charge on any atom is 0.309 e. The third-order valence-corrected chi connectivity index (χ3v) is 5.45. The number of rotatable bonds is 8. The van der Waals surface area contributed by atoms with Gasteiger partial charge >= 0.3 is 11.8 Å². The van der Waals surface area contributed by atoms with Crippen LogP contribution in [0.25, 0.3) is 0 Å². The molecule has 2 fully saturated rings. The summed E-state index contributed by atoms with van der Waals surface area (Å²) in [5.41, 5.74) is 1.28. The van der Waals surface area contributed by atoms with Crippen molar-refractivity contribution in [1.29, 1.82) is 0 Å². The van der Waals surface area contributed by atoms with Crippen LogP contribution in [0, 0.1) is 0 Å². The molecule has 1 aromatic rings. The third-order valence-electron chi connectivity index (χ3n) is 5.45. The van der Waals surface area contributed by atoms with Crippen molar-refractivity contribution in [1.82, 2.24) is 20.4 Å². The number of amides is 2. The average molecular weight is 404 g/mol. The zero-order valence-corrected chi connectivity index (χ0v) is 17.1. The minimum Gasteiger partial charge on any atom is -0.379 e. The second-order valence-electron chi connectivity index (χ2n) is 7.48. The largest absolute Gasteiger partial charge is 0.379 e. The summed E-state index contributed by atoms with van der Waals surface area (Å²) in [7, 11) is 0. The molecule has 160 valence electrons. The molecule has 8 heteroatoms. The SMILES string of the molecule is O=C(NCCCN1CCN(c2ccccc2)CC1)C(=O)NCCN1CCOCC1. The van der Waals surface area contributed by atoms with E-state index in [2.05, 4.69) is 49.6 Å². The van der Waals surface area contributed by atoms with Gasteiger partial charge in [-0.2, -0.15) is 0 Å². The van der Waals surface area contributed by atoms with Crippen LogP contribution >= 0.6 is 0 Å². The Bertz CT molecular complexity index is 628. The van der Waals surface area contributed by atoms with Crippen molar-refractivity contribution in [3.8, 4) is 0 Å². The van der Waals surface area contributed by atoms with E-state index in [9.17, 15) is 9.59 Å². The molecule has 2 saturated heterocycles. The summed E-state index contributed by atoms with van der Waals surface area (Å²) in [6.07, 6.45) is 0.845. The molecule has 3 rings (SSSR count). The Hall–Kier alpha value is -2.16. The van der Waals surface area contributed by atoms with Gasteiger partial charge in [0, 0.05) is 64.6 Å². The number of hydrogen-bond acceptors (Lipinski definition) is 6. The monoisotopic (exact) mass is 403 g/mol. The van der Waals surface area contributed by atoms with Crippen molar-refractivity contribution in [2.24, 2.45) is 0 Å². The van der Waals surface area contributed by atoms with Gasteiger partial charge < -0.3 is 20.3 Å². The number of para-hydroxylation sites is 1. The molecule has 2 N–H and O–H groups in total. The van der Waals surface area contributed by atoms with Crippen molar-refractivity contribution >= 4 is 17.5 Å². The van der Waals surface area contributed by atoms with Crippen molar-refractivity contribution in [2.75, 3.05) is 83.6 Å². The number of benzene rings is 1. The number of nitrogens with one attached hydrogen (secondary N) is 2. The molecule has 0 saturated carbocycles. The van der Waals surface area contributed by atoms with Crippen LogP contribution < -0.4 is 15.5 Å². The highest BCUT2D eigenvalue weighted by Gasteiger charge is 2.17. The molecule has 2 aliphatic heterocycles. The van der Waals surface area contributed by atoms with Crippen molar-refractivity contribution < 1.29 is 14.3 Å². The Labute approximate surface area is 173 Å². The molecule has 29 heavy (non-hydrogen) atoms. The molecule has 0 aliphatic carbocycles. The van der Waals surface area contributed by atoms with E-state index in [4.69, 9.17) is 4.74 Å². The number of piperazine rings is 1. The van der Waals surface area contributed by atoms with E-state index in [-0.39, 0.29) is 0 Å². The molecule has 1 aromatic carbocycles. The lowest BCUT2D eigenvalue weighted by Crippen LogP contribution is -2.47. The Morgan fingerprint density at radius 3 is 2.10 bits per heavy atom. The number of morpholine rings is 1. The molecular weight excluding hydrogens is 370 g/mol. The zero-order chi connectivity index (χ0) is 20.3. The highest BCUT2D eigenvalue weighted by atomic mass is 16.5. The quantitative estimate of drug-likeness (QED) is 0.461. The first-order chi connectivity index (χ1) is 14.2. The summed E-state index contributed by atoms with van der Waals surface area (Å²) in [6.45, 7) is 9.97. The first kappa shape index (κ1) is 21.5. The molecule has 0 aromatic heterocycles. The number of carbonyl (C=O) groups excluding carboxylic acids is 2. The van der Waals surface area contributed by atoms with Crippen molar-refractivity contribution in [3.63, 3.8) is 0 Å². The summed E-state index contributed by atoms with van der Waals surface area (Å²) < 4.78 is 5.29. The summed E-state index contributed by atoms with van der Waals surface area (Å²) in [6, 6.07) is 10.5. The molecule has 0 bridgehead atoms. The van der Waals surface area contributed by atoms with Gasteiger partial charge in [-0.05, 0) is 25.1 Å². The lowest BCUT2D eigenvalue weighted by Gasteiger charge is -2.36. The molecule has 2 amide bonds. The van der Waals surface area contributed by atoms with Gasteiger partial charge in [-0.15, -0.1) is 0 Å². The summed E-state index contributed by atoms with van der Waals surface area (Å²) in [5, 5.41) is 5.41. The predicted molar refractivity (Wildman–Crippen MR) is 113 cm³/mol. The molecule has 8 nitrogen and oxygen atoms in total. The van der Waals surface area contributed by atoms with Crippen LogP contribution in [0.4, 0.5) is 5.69 Å². The van der Waals surface area contributed by atoms with Crippen molar-refractivity contribution in [3.05, 3.63) is 30.3 Å². The maximum atomic E-state index is 11.9. The van der Waals surface area contributed by atoms with Gasteiger partial charge in [-0.3, -0.25) is 19.4 Å². The van der Waals surface area contributed by atoms with Crippen LogP contribution in [-0.2, 0) is 14.3 Å². The van der Waals surface area contributed by atoms with E-state index in [1.165, 1.54) is 5.69 Å². The van der Waals surface area contributed by atoms with Gasteiger partial charge in [0.2, 0.25) is 0 Å². The second kappa shape index (κ2) is 11.7.